The normalized spacial score (nSPS) is 17.2. The lowest BCUT2D eigenvalue weighted by molar-refractivity contribution is 0.0514. The number of hydrogen-bond acceptors (Lipinski definition) is 4. The summed E-state index contributed by atoms with van der Waals surface area (Å²) in [5.74, 6) is -0.824. The van der Waals surface area contributed by atoms with Gasteiger partial charge in [0, 0.05) is 30.6 Å². The molecule has 1 saturated heterocycles. The van der Waals surface area contributed by atoms with Crippen LogP contribution in [0.5, 0.6) is 0 Å². The van der Waals surface area contributed by atoms with Gasteiger partial charge in [0.05, 0.1) is 17.3 Å². The summed E-state index contributed by atoms with van der Waals surface area (Å²) in [4.78, 5) is 39.5. The Balaban J connectivity index is 1.26. The SMILES string of the molecule is CC(C)(C)n1ncc2c1C(=O)CC1(CCN(C(=O)c3ccc(-c4cccc(C(=O)O)c4)cc3)CC1)C2. The van der Waals surface area contributed by atoms with Gasteiger partial charge in [-0.15, -0.1) is 0 Å². The Bertz CT molecular complexity index is 1340. The van der Waals surface area contributed by atoms with Crippen molar-refractivity contribution in [3.63, 3.8) is 0 Å². The number of aromatic nitrogens is 2. The quantitative estimate of drug-likeness (QED) is 0.560. The predicted octanol–water partition coefficient (Wildman–Crippen LogP) is 5.05. The highest BCUT2D eigenvalue weighted by Gasteiger charge is 2.44. The molecule has 2 heterocycles. The lowest BCUT2D eigenvalue weighted by Crippen LogP contribution is -2.46. The number of ketones is 1. The van der Waals surface area contributed by atoms with Gasteiger partial charge >= 0.3 is 5.97 Å². The maximum atomic E-state index is 13.2. The minimum Gasteiger partial charge on any atom is -0.478 e. The zero-order valence-corrected chi connectivity index (χ0v) is 21.0. The van der Waals surface area contributed by atoms with E-state index in [1.54, 1.807) is 30.3 Å². The van der Waals surface area contributed by atoms with Gasteiger partial charge in [0.1, 0.15) is 5.69 Å². The number of Topliss-reactive ketones (excluding diaryl/α,β-unsaturated/α-hetero) is 1. The molecule has 0 unspecified atom stereocenters. The monoisotopic (exact) mass is 485 g/mol. The Hall–Kier alpha value is -3.74. The molecule has 1 aromatic heterocycles. The maximum Gasteiger partial charge on any atom is 0.335 e. The summed E-state index contributed by atoms with van der Waals surface area (Å²) in [5, 5.41) is 13.8. The minimum absolute atomic E-state index is 0.0148. The first-order valence-corrected chi connectivity index (χ1v) is 12.4. The van der Waals surface area contributed by atoms with Crippen LogP contribution < -0.4 is 0 Å². The second kappa shape index (κ2) is 8.73. The molecule has 0 saturated carbocycles. The van der Waals surface area contributed by atoms with Crippen LogP contribution in [0.2, 0.25) is 0 Å². The van der Waals surface area contributed by atoms with Crippen LogP contribution in [0.15, 0.2) is 54.7 Å². The first-order chi connectivity index (χ1) is 17.1. The molecule has 0 bridgehead atoms. The lowest BCUT2D eigenvalue weighted by atomic mass is 9.67. The Morgan fingerprint density at radius 3 is 2.28 bits per heavy atom. The molecule has 1 aliphatic heterocycles. The number of nitrogens with zero attached hydrogens (tertiary/aromatic N) is 3. The number of hydrogen-bond donors (Lipinski definition) is 1. The number of fused-ring (bicyclic) bond motifs is 1. The molecule has 3 aromatic rings. The topological polar surface area (TPSA) is 92.5 Å². The van der Waals surface area contributed by atoms with E-state index in [2.05, 4.69) is 25.9 Å². The van der Waals surface area contributed by atoms with E-state index in [9.17, 15) is 19.5 Å². The van der Waals surface area contributed by atoms with Gasteiger partial charge in [0.2, 0.25) is 0 Å². The molecule has 7 heteroatoms. The fourth-order valence-electron chi connectivity index (χ4n) is 5.57. The van der Waals surface area contributed by atoms with Crippen LogP contribution in [0.3, 0.4) is 0 Å². The standard InChI is InChI=1S/C29H31N3O4/c1-28(2,3)32-25-23(18-30-32)16-29(17-24(25)33)11-13-31(14-12-29)26(34)20-9-7-19(8-10-20)21-5-4-6-22(15-21)27(35)36/h4-10,15,18H,11-14,16-17H2,1-3H3,(H,35,36). The molecule has 186 valence electrons. The zero-order chi connectivity index (χ0) is 25.7. The van der Waals surface area contributed by atoms with E-state index in [0.29, 0.717) is 25.1 Å². The van der Waals surface area contributed by atoms with Crippen molar-refractivity contribution in [2.24, 2.45) is 5.41 Å². The first-order valence-electron chi connectivity index (χ1n) is 12.4. The number of piperidine rings is 1. The summed E-state index contributed by atoms with van der Waals surface area (Å²) in [6.45, 7) is 7.42. The second-order valence-corrected chi connectivity index (χ2v) is 11.1. The molecule has 5 rings (SSSR count). The first kappa shape index (κ1) is 24.0. The molecule has 7 nitrogen and oxygen atoms in total. The Morgan fingerprint density at radius 2 is 1.64 bits per heavy atom. The molecule has 1 amide bonds. The fraction of sp³-hybridized carbons (Fsp3) is 0.379. The van der Waals surface area contributed by atoms with Crippen molar-refractivity contribution < 1.29 is 19.5 Å². The van der Waals surface area contributed by atoms with Gasteiger partial charge in [-0.1, -0.05) is 24.3 Å². The molecular formula is C29H31N3O4. The highest BCUT2D eigenvalue weighted by molar-refractivity contribution is 5.98. The molecule has 1 N–H and O–H groups in total. The predicted molar refractivity (Wildman–Crippen MR) is 136 cm³/mol. The summed E-state index contributed by atoms with van der Waals surface area (Å²) in [7, 11) is 0. The van der Waals surface area contributed by atoms with E-state index in [-0.39, 0.29) is 28.2 Å². The molecule has 2 aromatic carbocycles. The number of benzene rings is 2. The average Bonchev–Trinajstić information content (AvgIpc) is 3.29. The van der Waals surface area contributed by atoms with Gasteiger partial charge in [0.25, 0.3) is 5.91 Å². The molecular weight excluding hydrogens is 454 g/mol. The summed E-state index contributed by atoms with van der Waals surface area (Å²) < 4.78 is 1.86. The Labute approximate surface area is 210 Å². The maximum absolute atomic E-state index is 13.2. The van der Waals surface area contributed by atoms with E-state index in [0.717, 1.165) is 41.6 Å². The van der Waals surface area contributed by atoms with Gasteiger partial charge < -0.3 is 10.0 Å². The third kappa shape index (κ3) is 4.34. The summed E-state index contributed by atoms with van der Waals surface area (Å²) in [6, 6.07) is 14.1. The third-order valence-electron chi connectivity index (χ3n) is 7.53. The summed E-state index contributed by atoms with van der Waals surface area (Å²) in [6.07, 6.45) is 4.78. The van der Waals surface area contributed by atoms with Crippen LogP contribution in [0.25, 0.3) is 11.1 Å². The lowest BCUT2D eigenvalue weighted by Gasteiger charge is -2.43. The fourth-order valence-corrected chi connectivity index (χ4v) is 5.57. The molecule has 36 heavy (non-hydrogen) atoms. The molecule has 0 atom stereocenters. The largest absolute Gasteiger partial charge is 0.478 e. The number of carbonyl (C=O) groups excluding carboxylic acids is 2. The van der Waals surface area contributed by atoms with E-state index in [1.165, 1.54) is 0 Å². The molecule has 1 fully saturated rings. The van der Waals surface area contributed by atoms with Crippen LogP contribution in [0.4, 0.5) is 0 Å². The van der Waals surface area contributed by atoms with Crippen molar-refractivity contribution in [1.29, 1.82) is 0 Å². The van der Waals surface area contributed by atoms with Gasteiger partial charge in [-0.3, -0.25) is 14.3 Å². The molecule has 0 radical (unpaired) electrons. The highest BCUT2D eigenvalue weighted by atomic mass is 16.4. The van der Waals surface area contributed by atoms with Crippen LogP contribution in [0, 0.1) is 5.41 Å². The highest BCUT2D eigenvalue weighted by Crippen LogP contribution is 2.44. The number of likely N-dealkylation sites (tertiary alicyclic amines) is 1. The number of rotatable bonds is 3. The van der Waals surface area contributed by atoms with E-state index < -0.39 is 5.97 Å². The summed E-state index contributed by atoms with van der Waals surface area (Å²) >= 11 is 0. The number of aromatic carboxylic acids is 1. The minimum atomic E-state index is -0.967. The average molecular weight is 486 g/mol. The van der Waals surface area contributed by atoms with Crippen molar-refractivity contribution >= 4 is 17.7 Å². The summed E-state index contributed by atoms with van der Waals surface area (Å²) in [5.41, 5.74) is 3.93. The van der Waals surface area contributed by atoms with E-state index >= 15 is 0 Å². The molecule has 1 spiro atoms. The van der Waals surface area contributed by atoms with Crippen LogP contribution in [0.1, 0.15) is 76.8 Å². The number of carbonyl (C=O) groups is 3. The zero-order valence-electron chi connectivity index (χ0n) is 21.0. The molecule has 1 aliphatic carbocycles. The second-order valence-electron chi connectivity index (χ2n) is 11.1. The van der Waals surface area contributed by atoms with Crippen molar-refractivity contribution in [1.82, 2.24) is 14.7 Å². The van der Waals surface area contributed by atoms with E-state index in [4.69, 9.17) is 0 Å². The van der Waals surface area contributed by atoms with Gasteiger partial charge in [0.15, 0.2) is 5.78 Å². The van der Waals surface area contributed by atoms with Gasteiger partial charge in [-0.05, 0) is 80.8 Å². The van der Waals surface area contributed by atoms with Crippen molar-refractivity contribution in [2.75, 3.05) is 13.1 Å². The van der Waals surface area contributed by atoms with Crippen molar-refractivity contribution in [2.45, 2.75) is 52.0 Å². The van der Waals surface area contributed by atoms with Crippen molar-refractivity contribution in [3.05, 3.63) is 77.1 Å². The molecule has 2 aliphatic rings. The number of amides is 1. The van der Waals surface area contributed by atoms with Gasteiger partial charge in [-0.2, -0.15) is 5.10 Å². The Morgan fingerprint density at radius 1 is 0.944 bits per heavy atom. The van der Waals surface area contributed by atoms with E-state index in [1.807, 2.05) is 34.0 Å². The van der Waals surface area contributed by atoms with Crippen LogP contribution in [-0.2, 0) is 12.0 Å². The third-order valence-corrected chi connectivity index (χ3v) is 7.53. The van der Waals surface area contributed by atoms with Crippen molar-refractivity contribution in [3.8, 4) is 11.1 Å². The number of carboxylic acids is 1. The Kier molecular flexibility index (Phi) is 5.81. The van der Waals surface area contributed by atoms with Crippen LogP contribution >= 0.6 is 0 Å². The van der Waals surface area contributed by atoms with Crippen LogP contribution in [-0.4, -0.2) is 50.5 Å². The van der Waals surface area contributed by atoms with Gasteiger partial charge in [-0.25, -0.2) is 4.79 Å². The smallest absolute Gasteiger partial charge is 0.335 e. The number of carboxylic acid groups (broad SMARTS) is 1.